The van der Waals surface area contributed by atoms with Crippen LogP contribution in [0.1, 0.15) is 55.4 Å². The molecule has 2 amide bonds. The van der Waals surface area contributed by atoms with Gasteiger partial charge in [-0.25, -0.2) is 4.68 Å². The van der Waals surface area contributed by atoms with Gasteiger partial charge in [-0.15, -0.1) is 16.4 Å². The molecule has 0 aliphatic carbocycles. The monoisotopic (exact) mass is 503 g/mol. The van der Waals surface area contributed by atoms with Crippen molar-refractivity contribution in [2.75, 3.05) is 4.90 Å². The molecule has 9 heteroatoms. The fourth-order valence-corrected chi connectivity index (χ4v) is 4.67. The molecule has 2 aromatic heterocycles. The number of carbonyl (C=O) groups is 3. The van der Waals surface area contributed by atoms with Gasteiger partial charge in [0.1, 0.15) is 18.1 Å². The van der Waals surface area contributed by atoms with Crippen molar-refractivity contribution in [1.82, 2.24) is 20.3 Å². The van der Waals surface area contributed by atoms with E-state index < -0.39 is 11.6 Å². The van der Waals surface area contributed by atoms with Crippen molar-refractivity contribution in [3.63, 3.8) is 0 Å². The number of anilines is 1. The number of aromatic nitrogens is 3. The maximum Gasteiger partial charge on any atom is 0.249 e. The van der Waals surface area contributed by atoms with Gasteiger partial charge in [0.25, 0.3) is 0 Å². The number of rotatable bonds is 9. The number of carbonyl (C=O) groups excluding carboxylic acids is 3. The van der Waals surface area contributed by atoms with Crippen LogP contribution in [0.25, 0.3) is 11.0 Å². The highest BCUT2D eigenvalue weighted by molar-refractivity contribution is 7.10. The smallest absolute Gasteiger partial charge is 0.249 e. The second-order valence-electron chi connectivity index (χ2n) is 9.25. The number of hydrogen-bond donors (Lipinski definition) is 1. The molecule has 4 aromatic rings. The van der Waals surface area contributed by atoms with Crippen LogP contribution in [0.3, 0.4) is 0 Å². The van der Waals surface area contributed by atoms with Crippen molar-refractivity contribution in [2.45, 2.75) is 52.2 Å². The first kappa shape index (κ1) is 25.2. The Labute approximate surface area is 213 Å². The lowest BCUT2D eigenvalue weighted by atomic mass is 10.0. The summed E-state index contributed by atoms with van der Waals surface area (Å²) >= 11 is 1.40. The molecule has 0 aliphatic rings. The Balaban J connectivity index is 1.82. The highest BCUT2D eigenvalue weighted by atomic mass is 32.1. The number of thiophene rings is 1. The predicted molar refractivity (Wildman–Crippen MR) is 141 cm³/mol. The first-order valence-corrected chi connectivity index (χ1v) is 12.6. The predicted octanol–water partition coefficient (Wildman–Crippen LogP) is 4.77. The molecule has 1 N–H and O–H groups in total. The third-order valence-electron chi connectivity index (χ3n) is 6.17. The molecule has 8 nitrogen and oxygen atoms in total. The third-order valence-corrected chi connectivity index (χ3v) is 7.09. The molecule has 0 aliphatic heterocycles. The van der Waals surface area contributed by atoms with Crippen LogP contribution >= 0.6 is 11.3 Å². The topological polar surface area (TPSA) is 97.2 Å². The number of Topliss-reactive ketones (excluding diaryl/α,β-unsaturated/α-hetero) is 1. The summed E-state index contributed by atoms with van der Waals surface area (Å²) in [6.45, 7) is 7.23. The zero-order valence-corrected chi connectivity index (χ0v) is 21.6. The minimum Gasteiger partial charge on any atom is -0.349 e. The van der Waals surface area contributed by atoms with E-state index in [2.05, 4.69) is 15.6 Å². The second kappa shape index (κ2) is 10.4. The van der Waals surface area contributed by atoms with Crippen LogP contribution in [0.5, 0.6) is 0 Å². The highest BCUT2D eigenvalue weighted by Gasteiger charge is 2.36. The zero-order valence-electron chi connectivity index (χ0n) is 20.8. The summed E-state index contributed by atoms with van der Waals surface area (Å²) in [5.74, 6) is -0.778. The maximum absolute atomic E-state index is 14.0. The van der Waals surface area contributed by atoms with Gasteiger partial charge in [-0.2, -0.15) is 0 Å². The molecule has 0 saturated carbocycles. The van der Waals surface area contributed by atoms with E-state index in [4.69, 9.17) is 0 Å². The molecule has 2 heterocycles. The van der Waals surface area contributed by atoms with E-state index in [0.29, 0.717) is 33.6 Å². The molecule has 0 spiro atoms. The Hall–Kier alpha value is -3.85. The van der Waals surface area contributed by atoms with Crippen LogP contribution in [0, 0.1) is 0 Å². The quantitative estimate of drug-likeness (QED) is 0.332. The Morgan fingerprint density at radius 3 is 2.56 bits per heavy atom. The van der Waals surface area contributed by atoms with Gasteiger partial charge in [-0.3, -0.25) is 19.3 Å². The number of nitrogens with zero attached hydrogens (tertiary/aromatic N) is 4. The number of hydrogen-bond acceptors (Lipinski definition) is 6. The van der Waals surface area contributed by atoms with Crippen LogP contribution in [0.4, 0.5) is 5.69 Å². The number of para-hydroxylation sites is 1. The average molecular weight is 504 g/mol. The van der Waals surface area contributed by atoms with Crippen molar-refractivity contribution in [3.05, 3.63) is 76.5 Å². The summed E-state index contributed by atoms with van der Waals surface area (Å²) in [6.07, 6.45) is 0.717. The average Bonchev–Trinajstić information content (AvgIpc) is 3.52. The number of fused-ring (bicyclic) bond motifs is 1. The lowest BCUT2D eigenvalue weighted by molar-refractivity contribution is -0.128. The van der Waals surface area contributed by atoms with Gasteiger partial charge < -0.3 is 5.32 Å². The van der Waals surface area contributed by atoms with E-state index >= 15 is 0 Å². The van der Waals surface area contributed by atoms with Crippen LogP contribution in [-0.2, 0) is 16.1 Å². The molecule has 0 radical (unpaired) electrons. The molecule has 1 atom stereocenters. The maximum atomic E-state index is 14.0. The van der Waals surface area contributed by atoms with Crippen LogP contribution in [-0.4, -0.2) is 38.1 Å². The van der Waals surface area contributed by atoms with Crippen LogP contribution in [0.2, 0.25) is 0 Å². The van der Waals surface area contributed by atoms with Crippen molar-refractivity contribution >= 4 is 45.7 Å². The second-order valence-corrected chi connectivity index (χ2v) is 10.2. The van der Waals surface area contributed by atoms with E-state index in [1.807, 2.05) is 62.5 Å². The van der Waals surface area contributed by atoms with E-state index in [1.165, 1.54) is 27.8 Å². The summed E-state index contributed by atoms with van der Waals surface area (Å²) in [7, 11) is 0. The molecular weight excluding hydrogens is 474 g/mol. The molecule has 0 fully saturated rings. The zero-order chi connectivity index (χ0) is 25.9. The van der Waals surface area contributed by atoms with E-state index in [-0.39, 0.29) is 24.1 Å². The minimum atomic E-state index is -0.930. The summed E-state index contributed by atoms with van der Waals surface area (Å²) in [6, 6.07) is 16.9. The van der Waals surface area contributed by atoms with E-state index in [1.54, 1.807) is 24.3 Å². The fourth-order valence-electron chi connectivity index (χ4n) is 3.86. The molecule has 36 heavy (non-hydrogen) atoms. The number of amides is 2. The first-order valence-electron chi connectivity index (χ1n) is 11.8. The van der Waals surface area contributed by atoms with Crippen molar-refractivity contribution < 1.29 is 14.4 Å². The summed E-state index contributed by atoms with van der Waals surface area (Å²) in [5, 5.41) is 13.3. The van der Waals surface area contributed by atoms with Crippen molar-refractivity contribution in [3.8, 4) is 0 Å². The molecule has 2 aromatic carbocycles. The molecular formula is C27H29N5O3S. The molecule has 4 rings (SSSR count). The normalized spacial score (nSPS) is 12.3. The van der Waals surface area contributed by atoms with Gasteiger partial charge in [-0.05, 0) is 62.9 Å². The lowest BCUT2D eigenvalue weighted by Crippen LogP contribution is -2.50. The molecule has 186 valence electrons. The Morgan fingerprint density at radius 2 is 1.86 bits per heavy atom. The van der Waals surface area contributed by atoms with Gasteiger partial charge in [0.15, 0.2) is 5.78 Å². The van der Waals surface area contributed by atoms with Gasteiger partial charge in [0.2, 0.25) is 11.8 Å². The van der Waals surface area contributed by atoms with Crippen LogP contribution in [0.15, 0.2) is 66.0 Å². The molecule has 1 unspecified atom stereocenters. The molecule has 0 bridgehead atoms. The number of ketones is 1. The van der Waals surface area contributed by atoms with Gasteiger partial charge in [0.05, 0.1) is 5.52 Å². The van der Waals surface area contributed by atoms with E-state index in [0.717, 1.165) is 0 Å². The standard InChI is InChI=1S/C27H29N5O3S/c1-5-27(3,4)28-26(35)25(23-14-9-15-36-23)32(20-11-8-10-19(16-20)18(2)33)24(34)17-31-22-13-7-6-12-21(22)29-30-31/h6-16,25H,5,17H2,1-4H3,(H,28,35). The van der Waals surface area contributed by atoms with Crippen molar-refractivity contribution in [2.24, 2.45) is 0 Å². The lowest BCUT2D eigenvalue weighted by Gasteiger charge is -2.34. The Kier molecular flexibility index (Phi) is 7.30. The number of benzene rings is 2. The highest BCUT2D eigenvalue weighted by Crippen LogP contribution is 2.32. The largest absolute Gasteiger partial charge is 0.349 e. The Morgan fingerprint density at radius 1 is 1.08 bits per heavy atom. The van der Waals surface area contributed by atoms with Gasteiger partial charge in [0, 0.05) is 21.7 Å². The van der Waals surface area contributed by atoms with Gasteiger partial charge in [-0.1, -0.05) is 42.5 Å². The van der Waals surface area contributed by atoms with Gasteiger partial charge >= 0.3 is 0 Å². The third kappa shape index (κ3) is 5.36. The van der Waals surface area contributed by atoms with Crippen molar-refractivity contribution in [1.29, 1.82) is 0 Å². The number of nitrogens with one attached hydrogen (secondary N) is 1. The Bertz CT molecular complexity index is 1390. The summed E-state index contributed by atoms with van der Waals surface area (Å²) < 4.78 is 1.53. The summed E-state index contributed by atoms with van der Waals surface area (Å²) in [5.41, 5.74) is 1.83. The minimum absolute atomic E-state index is 0.128. The summed E-state index contributed by atoms with van der Waals surface area (Å²) in [4.78, 5) is 42.1. The van der Waals surface area contributed by atoms with Crippen LogP contribution < -0.4 is 10.2 Å². The first-order chi connectivity index (χ1) is 17.2. The molecule has 0 saturated heterocycles. The SMILES string of the molecule is CCC(C)(C)NC(=O)C(c1cccs1)N(C(=O)Cn1nnc2ccccc21)c1cccc(C(C)=O)c1. The fraction of sp³-hybridized carbons (Fsp3) is 0.296. The van der Waals surface area contributed by atoms with E-state index in [9.17, 15) is 14.4 Å².